The number of amides is 1. The minimum Gasteiger partial charge on any atom is -0.295 e. The molecule has 6 nitrogen and oxygen atoms in total. The van der Waals surface area contributed by atoms with E-state index >= 15 is 0 Å². The van der Waals surface area contributed by atoms with Crippen molar-refractivity contribution < 1.29 is 18.0 Å². The zero-order valence-corrected chi connectivity index (χ0v) is 19.3. The molecule has 0 radical (unpaired) electrons. The van der Waals surface area contributed by atoms with Crippen LogP contribution >= 0.6 is 0 Å². The third-order valence-electron chi connectivity index (χ3n) is 6.39. The topological polar surface area (TPSA) is 83.9 Å². The van der Waals surface area contributed by atoms with Crippen LogP contribution in [0.3, 0.4) is 0 Å². The van der Waals surface area contributed by atoms with Crippen LogP contribution in [0.4, 0.5) is 0 Å². The van der Waals surface area contributed by atoms with Gasteiger partial charge in [0.1, 0.15) is 0 Å². The SMILES string of the molecule is CC(=O)c1cccc(S(=O)(=O)N(CC2C=c3cccc(C)c3=NC2=O)C2CCCCC2)c1. The summed E-state index contributed by atoms with van der Waals surface area (Å²) in [6.07, 6.45) is 6.37. The molecule has 0 saturated heterocycles. The fraction of sp³-hybridized carbons (Fsp3) is 0.400. The van der Waals surface area contributed by atoms with Crippen LogP contribution in [0.1, 0.15) is 54.9 Å². The molecule has 1 aliphatic heterocycles. The molecule has 1 atom stereocenters. The predicted octanol–water partition coefficient (Wildman–Crippen LogP) is 2.78. The molecule has 7 heteroatoms. The second-order valence-corrected chi connectivity index (χ2v) is 10.6. The number of carbonyl (C=O) groups is 2. The van der Waals surface area contributed by atoms with Crippen molar-refractivity contribution in [3.63, 3.8) is 0 Å². The van der Waals surface area contributed by atoms with Crippen molar-refractivity contribution in [1.82, 2.24) is 4.31 Å². The number of para-hydroxylation sites is 1. The summed E-state index contributed by atoms with van der Waals surface area (Å²) in [5.74, 6) is -1.15. The number of hydrogen-bond acceptors (Lipinski definition) is 4. The summed E-state index contributed by atoms with van der Waals surface area (Å²) in [5.41, 5.74) is 1.28. The fourth-order valence-corrected chi connectivity index (χ4v) is 6.36. The number of hydrogen-bond donors (Lipinski definition) is 0. The first kappa shape index (κ1) is 22.6. The number of aryl methyl sites for hydroxylation is 1. The van der Waals surface area contributed by atoms with E-state index in [0.717, 1.165) is 42.9 Å². The molecular formula is C25H28N2O4S. The van der Waals surface area contributed by atoms with Crippen LogP contribution in [-0.2, 0) is 14.8 Å². The monoisotopic (exact) mass is 452 g/mol. The van der Waals surface area contributed by atoms with Gasteiger partial charge >= 0.3 is 0 Å². The van der Waals surface area contributed by atoms with Crippen molar-refractivity contribution >= 4 is 27.8 Å². The molecule has 4 rings (SSSR count). The first-order valence-corrected chi connectivity index (χ1v) is 12.5. The van der Waals surface area contributed by atoms with Gasteiger partial charge in [-0.3, -0.25) is 9.59 Å². The number of sulfonamides is 1. The third kappa shape index (κ3) is 4.45. The smallest absolute Gasteiger partial charge is 0.254 e. The van der Waals surface area contributed by atoms with Gasteiger partial charge < -0.3 is 0 Å². The lowest BCUT2D eigenvalue weighted by molar-refractivity contribution is -0.120. The van der Waals surface area contributed by atoms with Crippen LogP contribution in [0.2, 0.25) is 0 Å². The van der Waals surface area contributed by atoms with Gasteiger partial charge in [-0.25, -0.2) is 13.4 Å². The summed E-state index contributed by atoms with van der Waals surface area (Å²) >= 11 is 0. The van der Waals surface area contributed by atoms with Crippen molar-refractivity contribution in [3.8, 4) is 0 Å². The lowest BCUT2D eigenvalue weighted by atomic mass is 9.94. The highest BCUT2D eigenvalue weighted by molar-refractivity contribution is 7.89. The maximum Gasteiger partial charge on any atom is 0.254 e. The molecule has 0 spiro atoms. The molecule has 1 unspecified atom stereocenters. The molecule has 0 aromatic heterocycles. The highest BCUT2D eigenvalue weighted by Gasteiger charge is 2.36. The van der Waals surface area contributed by atoms with Gasteiger partial charge in [-0.05, 0) is 49.6 Å². The van der Waals surface area contributed by atoms with E-state index in [2.05, 4.69) is 4.99 Å². The minimum absolute atomic E-state index is 0.0486. The minimum atomic E-state index is -3.90. The summed E-state index contributed by atoms with van der Waals surface area (Å²) in [6, 6.07) is 11.7. The molecule has 32 heavy (non-hydrogen) atoms. The van der Waals surface area contributed by atoms with Crippen molar-refractivity contribution in [3.05, 3.63) is 64.2 Å². The van der Waals surface area contributed by atoms with Gasteiger partial charge in [0.25, 0.3) is 5.91 Å². The number of nitrogens with zero attached hydrogens (tertiary/aromatic N) is 2. The maximum absolute atomic E-state index is 13.7. The molecule has 2 aromatic carbocycles. The number of Topliss-reactive ketones (excluding diaryl/α,β-unsaturated/α-hetero) is 1. The van der Waals surface area contributed by atoms with Crippen LogP contribution in [0.15, 0.2) is 52.4 Å². The second-order valence-electron chi connectivity index (χ2n) is 8.69. The van der Waals surface area contributed by atoms with E-state index in [1.165, 1.54) is 23.4 Å². The molecule has 168 valence electrons. The van der Waals surface area contributed by atoms with Crippen molar-refractivity contribution in [2.45, 2.75) is 56.9 Å². The Bertz CT molecular complexity index is 1280. The van der Waals surface area contributed by atoms with Crippen molar-refractivity contribution in [2.24, 2.45) is 10.9 Å². The van der Waals surface area contributed by atoms with E-state index in [9.17, 15) is 18.0 Å². The van der Waals surface area contributed by atoms with E-state index in [0.29, 0.717) is 10.9 Å². The third-order valence-corrected chi connectivity index (χ3v) is 8.31. The fourth-order valence-electron chi connectivity index (χ4n) is 4.60. The van der Waals surface area contributed by atoms with E-state index in [4.69, 9.17) is 0 Å². The summed E-state index contributed by atoms with van der Waals surface area (Å²) in [6.45, 7) is 3.37. The van der Waals surface area contributed by atoms with E-state index in [1.807, 2.05) is 31.2 Å². The van der Waals surface area contributed by atoms with Crippen LogP contribution in [0, 0.1) is 12.8 Å². The van der Waals surface area contributed by atoms with E-state index < -0.39 is 15.9 Å². The summed E-state index contributed by atoms with van der Waals surface area (Å²) in [5, 5.41) is 1.52. The van der Waals surface area contributed by atoms with E-state index in [1.54, 1.807) is 12.1 Å². The lowest BCUT2D eigenvalue weighted by Gasteiger charge is -2.35. The first-order valence-electron chi connectivity index (χ1n) is 11.1. The average molecular weight is 453 g/mol. The van der Waals surface area contributed by atoms with Crippen LogP contribution in [-0.4, -0.2) is 37.0 Å². The summed E-state index contributed by atoms with van der Waals surface area (Å²) < 4.78 is 29.0. The number of rotatable bonds is 6. The van der Waals surface area contributed by atoms with Crippen molar-refractivity contribution in [1.29, 1.82) is 0 Å². The van der Waals surface area contributed by atoms with E-state index in [-0.39, 0.29) is 29.2 Å². The Hall–Kier alpha value is -2.64. The number of fused-ring (bicyclic) bond motifs is 1. The number of ketones is 1. The number of carbonyl (C=O) groups excluding carboxylic acids is 2. The van der Waals surface area contributed by atoms with Crippen LogP contribution in [0.25, 0.3) is 6.08 Å². The maximum atomic E-state index is 13.7. The Morgan fingerprint density at radius 3 is 2.53 bits per heavy atom. The molecular weight excluding hydrogens is 424 g/mol. The molecule has 0 N–H and O–H groups in total. The highest BCUT2D eigenvalue weighted by atomic mass is 32.2. The zero-order valence-electron chi connectivity index (χ0n) is 18.5. The average Bonchev–Trinajstić information content (AvgIpc) is 2.79. The molecule has 2 aromatic rings. The Morgan fingerprint density at radius 1 is 1.09 bits per heavy atom. The predicted molar refractivity (Wildman–Crippen MR) is 122 cm³/mol. The van der Waals surface area contributed by atoms with Gasteiger partial charge in [-0.2, -0.15) is 4.31 Å². The Kier molecular flexibility index (Phi) is 6.40. The molecule has 1 fully saturated rings. The summed E-state index contributed by atoms with van der Waals surface area (Å²) in [4.78, 5) is 29.1. The lowest BCUT2D eigenvalue weighted by Crippen LogP contribution is -2.46. The summed E-state index contributed by atoms with van der Waals surface area (Å²) in [7, 11) is -3.90. The van der Waals surface area contributed by atoms with Gasteiger partial charge in [-0.1, -0.05) is 55.7 Å². The van der Waals surface area contributed by atoms with Gasteiger partial charge in [0.15, 0.2) is 5.78 Å². The first-order chi connectivity index (χ1) is 15.3. The molecule has 2 aliphatic rings. The Morgan fingerprint density at radius 2 is 1.81 bits per heavy atom. The standard InChI is InChI=1S/C25H28N2O4S/c1-17-8-6-10-20-14-21(25(29)26-24(17)20)16-27(22-11-4-3-5-12-22)32(30,31)23-13-7-9-19(15-23)18(2)28/h6-10,13-15,21-22H,3-5,11-12,16H2,1-2H3. The van der Waals surface area contributed by atoms with Gasteiger partial charge in [0.05, 0.1) is 16.2 Å². The molecule has 0 bridgehead atoms. The van der Waals surface area contributed by atoms with Gasteiger partial charge in [-0.15, -0.1) is 0 Å². The zero-order chi connectivity index (χ0) is 22.9. The van der Waals surface area contributed by atoms with Crippen LogP contribution < -0.4 is 10.6 Å². The quantitative estimate of drug-likeness (QED) is 0.631. The molecule has 1 amide bonds. The Labute approximate surface area is 188 Å². The van der Waals surface area contributed by atoms with Gasteiger partial charge in [0.2, 0.25) is 10.0 Å². The second kappa shape index (κ2) is 9.08. The highest BCUT2D eigenvalue weighted by Crippen LogP contribution is 2.29. The Balaban J connectivity index is 1.74. The molecule has 1 heterocycles. The van der Waals surface area contributed by atoms with Crippen LogP contribution in [0.5, 0.6) is 0 Å². The normalized spacial score (nSPS) is 19.2. The van der Waals surface area contributed by atoms with Crippen molar-refractivity contribution in [2.75, 3.05) is 6.54 Å². The molecule has 1 saturated carbocycles. The molecule has 1 aliphatic carbocycles. The number of benzene rings is 2. The largest absolute Gasteiger partial charge is 0.295 e. The van der Waals surface area contributed by atoms with Gasteiger partial charge in [0, 0.05) is 18.2 Å².